The van der Waals surface area contributed by atoms with Crippen LogP contribution < -0.4 is 10.1 Å². The minimum absolute atomic E-state index is 0.0267. The largest absolute Gasteiger partial charge is 0.503 e. The molecule has 3 atom stereocenters. The maximum Gasteiger partial charge on any atom is 0.503 e. The first-order valence-electron chi connectivity index (χ1n) is 13.8. The number of hydrogen-bond acceptors (Lipinski definition) is 8. The van der Waals surface area contributed by atoms with Crippen LogP contribution in [0.3, 0.4) is 0 Å². The van der Waals surface area contributed by atoms with Gasteiger partial charge in [-0.15, -0.1) is 0 Å². The Balaban J connectivity index is 0.00000124. The Morgan fingerprint density at radius 2 is 1.57 bits per heavy atom. The Labute approximate surface area is 265 Å². The molecule has 4 rings (SSSR count). The summed E-state index contributed by atoms with van der Waals surface area (Å²) in [6.45, 7) is 3.25. The summed E-state index contributed by atoms with van der Waals surface area (Å²) in [6, 6.07) is 8.11. The average Bonchev–Trinajstić information content (AvgIpc) is 3.36. The molecule has 13 nitrogen and oxygen atoms in total. The van der Waals surface area contributed by atoms with Crippen molar-refractivity contribution in [1.82, 2.24) is 14.5 Å². The number of hydrogen-bond donors (Lipinski definition) is 5. The summed E-state index contributed by atoms with van der Waals surface area (Å²) < 4.78 is 33.3. The number of aliphatic hydroxyl groups excluding tert-OH is 1. The highest BCUT2D eigenvalue weighted by molar-refractivity contribution is 7.89. The number of aliphatic carboxylic acids is 1. The van der Waals surface area contributed by atoms with Crippen LogP contribution in [-0.2, 0) is 26.0 Å². The van der Waals surface area contributed by atoms with Gasteiger partial charge in [0.15, 0.2) is 0 Å². The van der Waals surface area contributed by atoms with E-state index < -0.39 is 46.2 Å². The first-order valence-corrected chi connectivity index (χ1v) is 16.0. The van der Waals surface area contributed by atoms with Gasteiger partial charge in [0.25, 0.3) is 0 Å². The zero-order chi connectivity index (χ0) is 32.4. The minimum Gasteiger partial charge on any atom is -0.492 e. The number of amides is 1. The summed E-state index contributed by atoms with van der Waals surface area (Å²) >= 11 is 11.9. The van der Waals surface area contributed by atoms with E-state index in [1.165, 1.54) is 37.5 Å². The number of β-amino-alcohol motifs (C(OH)–C–C–N with tert-alkyl or cyclic N) is 1. The molecular formula is C28H35Cl2N3O10S. The third-order valence-electron chi connectivity index (χ3n) is 7.08. The topological polar surface area (TPSA) is 194 Å². The number of likely N-dealkylation sites (tertiary alicyclic amines) is 1. The molecule has 0 aromatic heterocycles. The van der Waals surface area contributed by atoms with Crippen molar-refractivity contribution in [3.8, 4) is 5.75 Å². The summed E-state index contributed by atoms with van der Waals surface area (Å²) in [7, 11) is -4.27. The second-order valence-electron chi connectivity index (χ2n) is 10.4. The van der Waals surface area contributed by atoms with E-state index in [9.17, 15) is 28.2 Å². The highest BCUT2D eigenvalue weighted by atomic mass is 35.5. The van der Waals surface area contributed by atoms with E-state index in [4.69, 9.17) is 42.9 Å². The summed E-state index contributed by atoms with van der Waals surface area (Å²) in [5, 5.41) is 36.6. The van der Waals surface area contributed by atoms with Gasteiger partial charge in [0.05, 0.1) is 11.0 Å². The van der Waals surface area contributed by atoms with Crippen molar-refractivity contribution < 1.29 is 48.0 Å². The van der Waals surface area contributed by atoms with Gasteiger partial charge in [-0.25, -0.2) is 18.0 Å². The third kappa shape index (κ3) is 10.5. The molecule has 1 amide bonds. The number of carboxylic acids is 1. The molecule has 44 heavy (non-hydrogen) atoms. The molecule has 0 unspecified atom stereocenters. The quantitative estimate of drug-likeness (QED) is 0.235. The van der Waals surface area contributed by atoms with Crippen molar-refractivity contribution in [2.45, 2.75) is 55.2 Å². The maximum atomic E-state index is 13.3. The SMILES string of the molecule is O=C(O)O.O=C(O)[C@H](Cc1ccc(OCCN2CCCCC2)cc1)NC(=O)[C@@H]1C[C@H](O)CN1S(=O)(=O)c1cc(Cl)cc(Cl)c1. The predicted molar refractivity (Wildman–Crippen MR) is 161 cm³/mol. The number of aliphatic hydroxyl groups is 1. The lowest BCUT2D eigenvalue weighted by molar-refractivity contribution is -0.142. The number of sulfonamides is 1. The number of rotatable bonds is 11. The first-order chi connectivity index (χ1) is 20.8. The van der Waals surface area contributed by atoms with Crippen molar-refractivity contribution in [2.24, 2.45) is 0 Å². The molecule has 2 saturated heterocycles. The van der Waals surface area contributed by atoms with E-state index in [1.807, 2.05) is 0 Å². The van der Waals surface area contributed by atoms with E-state index >= 15 is 0 Å². The Kier molecular flexibility index (Phi) is 13.1. The van der Waals surface area contributed by atoms with Gasteiger partial charge in [-0.3, -0.25) is 9.69 Å². The van der Waals surface area contributed by atoms with Gasteiger partial charge in [0.2, 0.25) is 15.9 Å². The number of ether oxygens (including phenoxy) is 1. The minimum atomic E-state index is -4.27. The molecule has 2 aliphatic heterocycles. The van der Waals surface area contributed by atoms with Crippen molar-refractivity contribution in [2.75, 3.05) is 32.8 Å². The van der Waals surface area contributed by atoms with Crippen molar-refractivity contribution in [3.05, 3.63) is 58.1 Å². The molecule has 0 bridgehead atoms. The van der Waals surface area contributed by atoms with Gasteiger partial charge in [-0.2, -0.15) is 4.31 Å². The smallest absolute Gasteiger partial charge is 0.492 e. The van der Waals surface area contributed by atoms with E-state index in [2.05, 4.69) is 10.2 Å². The molecule has 2 heterocycles. The van der Waals surface area contributed by atoms with Crippen LogP contribution in [-0.4, -0.2) is 107 Å². The molecule has 2 aromatic carbocycles. The van der Waals surface area contributed by atoms with Crippen LogP contribution in [0.2, 0.25) is 10.0 Å². The van der Waals surface area contributed by atoms with Gasteiger partial charge in [-0.1, -0.05) is 41.8 Å². The first kappa shape index (κ1) is 35.3. The van der Waals surface area contributed by atoms with Crippen molar-refractivity contribution in [3.63, 3.8) is 0 Å². The standard InChI is InChI=1S/C27H33Cl2N3O7S.CH2O3/c28-19-13-20(29)15-23(14-19)40(37,38)32-17-21(33)16-25(32)26(34)30-24(27(35)36)12-18-4-6-22(7-5-18)39-11-10-31-8-2-1-3-9-31;2-1(3)4/h4-7,13-15,21,24-25,33H,1-3,8-12,16-17H2,(H,30,34)(H,35,36);(H2,2,3,4)/t21-,24-,25-;/m0./s1. The predicted octanol–water partition coefficient (Wildman–Crippen LogP) is 3.02. The average molecular weight is 677 g/mol. The second kappa shape index (κ2) is 16.3. The number of nitrogens with zero attached hydrogens (tertiary/aromatic N) is 2. The molecule has 16 heteroatoms. The number of nitrogens with one attached hydrogen (secondary N) is 1. The molecular weight excluding hydrogens is 641 g/mol. The van der Waals surface area contributed by atoms with E-state index in [-0.39, 0.29) is 34.3 Å². The van der Waals surface area contributed by atoms with Crippen LogP contribution in [0.5, 0.6) is 5.75 Å². The van der Waals surface area contributed by atoms with E-state index in [0.29, 0.717) is 17.9 Å². The van der Waals surface area contributed by atoms with Gasteiger partial charge in [-0.05, 0) is 61.8 Å². The Hall–Kier alpha value is -3.14. The maximum absolute atomic E-state index is 13.3. The molecule has 0 saturated carbocycles. The number of halogens is 2. The Morgan fingerprint density at radius 1 is 0.977 bits per heavy atom. The van der Waals surface area contributed by atoms with Crippen LogP contribution in [0.25, 0.3) is 0 Å². The highest BCUT2D eigenvalue weighted by Gasteiger charge is 2.44. The molecule has 0 aliphatic carbocycles. The molecule has 2 aromatic rings. The summed E-state index contributed by atoms with van der Waals surface area (Å²) in [5.41, 5.74) is 0.653. The van der Waals surface area contributed by atoms with Crippen LogP contribution in [0.1, 0.15) is 31.2 Å². The Morgan fingerprint density at radius 3 is 2.14 bits per heavy atom. The molecule has 2 fully saturated rings. The van der Waals surface area contributed by atoms with Crippen LogP contribution in [0, 0.1) is 0 Å². The van der Waals surface area contributed by atoms with E-state index in [1.54, 1.807) is 24.3 Å². The lowest BCUT2D eigenvalue weighted by atomic mass is 10.0. The van der Waals surface area contributed by atoms with Gasteiger partial charge in [0.1, 0.15) is 24.4 Å². The van der Waals surface area contributed by atoms with Gasteiger partial charge in [0, 0.05) is 36.0 Å². The van der Waals surface area contributed by atoms with Crippen molar-refractivity contribution in [1.29, 1.82) is 0 Å². The normalized spacial score (nSPS) is 19.8. The number of piperidine rings is 1. The summed E-state index contributed by atoms with van der Waals surface area (Å²) in [4.78, 5) is 35.8. The third-order valence-corrected chi connectivity index (χ3v) is 9.37. The van der Waals surface area contributed by atoms with Gasteiger partial charge < -0.3 is 30.5 Å². The fourth-order valence-corrected chi connectivity index (χ4v) is 7.37. The number of carbonyl (C=O) groups is 3. The number of carbonyl (C=O) groups excluding carboxylic acids is 1. The second-order valence-corrected chi connectivity index (χ2v) is 13.1. The van der Waals surface area contributed by atoms with Crippen LogP contribution >= 0.6 is 23.2 Å². The Bertz CT molecular complexity index is 1380. The number of benzene rings is 2. The zero-order valence-corrected chi connectivity index (χ0v) is 26.0. The molecule has 5 N–H and O–H groups in total. The zero-order valence-electron chi connectivity index (χ0n) is 23.6. The molecule has 0 spiro atoms. The highest BCUT2D eigenvalue weighted by Crippen LogP contribution is 2.30. The van der Waals surface area contributed by atoms with Gasteiger partial charge >= 0.3 is 12.1 Å². The van der Waals surface area contributed by atoms with Crippen LogP contribution in [0.4, 0.5) is 4.79 Å². The lowest BCUT2D eigenvalue weighted by Crippen LogP contribution is -2.51. The molecule has 2 aliphatic rings. The van der Waals surface area contributed by atoms with Crippen LogP contribution in [0.15, 0.2) is 47.4 Å². The molecule has 0 radical (unpaired) electrons. The van der Waals surface area contributed by atoms with Crippen molar-refractivity contribution >= 4 is 51.3 Å². The fourth-order valence-electron chi connectivity index (χ4n) is 5.00. The summed E-state index contributed by atoms with van der Waals surface area (Å²) in [6.07, 6.45) is 0.542. The molecule has 242 valence electrons. The summed E-state index contributed by atoms with van der Waals surface area (Å²) in [5.74, 6) is -1.43. The monoisotopic (exact) mass is 675 g/mol. The number of carboxylic acid groups (broad SMARTS) is 3. The van der Waals surface area contributed by atoms with E-state index in [0.717, 1.165) is 23.9 Å². The lowest BCUT2D eigenvalue weighted by Gasteiger charge is -2.26. The fraction of sp³-hybridized carbons (Fsp3) is 0.464.